The molecule has 3 N–H and O–H groups in total. The molecule has 1 unspecified atom stereocenters. The molecule has 2 aliphatic heterocycles. The lowest BCUT2D eigenvalue weighted by Crippen LogP contribution is -2.38. The molecule has 2 heterocycles. The molecule has 2 saturated heterocycles. The largest absolute Gasteiger partial charge is 0.341 e. The number of nitrogens with zero attached hydrogens (tertiary/aromatic N) is 2. The monoisotopic (exact) mass is 212 g/mol. The summed E-state index contributed by atoms with van der Waals surface area (Å²) in [4.78, 5) is 13.7. The van der Waals surface area contributed by atoms with Crippen LogP contribution in [0, 0.1) is 5.41 Å². The van der Waals surface area contributed by atoms with E-state index in [-0.39, 0.29) is 11.3 Å². The smallest absolute Gasteiger partial charge is 0.236 e. The van der Waals surface area contributed by atoms with Gasteiger partial charge in [-0.2, -0.15) is 0 Å². The molecule has 5 nitrogen and oxygen atoms in total. The molecule has 86 valence electrons. The number of hydrazine groups is 1. The van der Waals surface area contributed by atoms with E-state index in [2.05, 4.69) is 5.32 Å². The topological polar surface area (TPSA) is 61.6 Å². The van der Waals surface area contributed by atoms with Crippen molar-refractivity contribution in [3.63, 3.8) is 0 Å². The first-order valence-electron chi connectivity index (χ1n) is 5.57. The molecule has 15 heavy (non-hydrogen) atoms. The van der Waals surface area contributed by atoms with Gasteiger partial charge in [0.05, 0.1) is 6.54 Å². The van der Waals surface area contributed by atoms with Gasteiger partial charge >= 0.3 is 0 Å². The molecular formula is C10H20N4O. The van der Waals surface area contributed by atoms with Gasteiger partial charge in [0.2, 0.25) is 5.91 Å². The van der Waals surface area contributed by atoms with Crippen LogP contribution in [0.5, 0.6) is 0 Å². The maximum atomic E-state index is 11.7. The van der Waals surface area contributed by atoms with E-state index in [1.807, 2.05) is 9.91 Å². The third kappa shape index (κ3) is 2.14. The van der Waals surface area contributed by atoms with Gasteiger partial charge in [-0.25, -0.2) is 5.01 Å². The molecule has 1 spiro atoms. The Morgan fingerprint density at radius 2 is 2.13 bits per heavy atom. The fourth-order valence-corrected chi connectivity index (χ4v) is 2.71. The van der Waals surface area contributed by atoms with Gasteiger partial charge in [-0.3, -0.25) is 10.6 Å². The number of likely N-dealkylation sites (tertiary alicyclic amines) is 1. The number of nitrogens with one attached hydrogen (secondary N) is 1. The highest BCUT2D eigenvalue weighted by Gasteiger charge is 2.43. The molecule has 0 saturated carbocycles. The summed E-state index contributed by atoms with van der Waals surface area (Å²) in [6.45, 7) is 4.14. The summed E-state index contributed by atoms with van der Waals surface area (Å²) in [5.41, 5.74) is 0.290. The molecule has 5 heteroatoms. The third-order valence-corrected chi connectivity index (χ3v) is 3.59. The molecule has 2 aliphatic rings. The summed E-state index contributed by atoms with van der Waals surface area (Å²) in [5.74, 6) is 6.00. The van der Waals surface area contributed by atoms with Crippen molar-refractivity contribution >= 4 is 5.91 Å². The van der Waals surface area contributed by atoms with Crippen molar-refractivity contribution in [2.45, 2.75) is 12.8 Å². The first kappa shape index (κ1) is 10.9. The van der Waals surface area contributed by atoms with Crippen LogP contribution in [0.1, 0.15) is 12.8 Å². The number of hydrogen-bond acceptors (Lipinski definition) is 4. The van der Waals surface area contributed by atoms with Crippen molar-refractivity contribution < 1.29 is 4.79 Å². The Morgan fingerprint density at radius 1 is 1.40 bits per heavy atom. The van der Waals surface area contributed by atoms with Gasteiger partial charge < -0.3 is 10.2 Å². The van der Waals surface area contributed by atoms with E-state index >= 15 is 0 Å². The lowest BCUT2D eigenvalue weighted by molar-refractivity contribution is -0.129. The fourth-order valence-electron chi connectivity index (χ4n) is 2.71. The summed E-state index contributed by atoms with van der Waals surface area (Å²) in [6, 6.07) is 0. The Labute approximate surface area is 90.6 Å². The molecule has 0 aromatic heterocycles. The van der Waals surface area contributed by atoms with Crippen LogP contribution in [0.2, 0.25) is 0 Å². The molecule has 2 fully saturated rings. The molecule has 1 atom stereocenters. The number of carbonyl (C=O) groups excluding carboxylic acids is 1. The standard InChI is InChI=1S/C10H20N4O/c1-12-6-9(15)13-4-2-10(7-13)3-5-14(11)8-10/h12H,2-8,11H2,1H3. The zero-order chi connectivity index (χ0) is 10.9. The van der Waals surface area contributed by atoms with Crippen LogP contribution in [0.3, 0.4) is 0 Å². The van der Waals surface area contributed by atoms with Gasteiger partial charge in [-0.05, 0) is 19.9 Å². The maximum Gasteiger partial charge on any atom is 0.236 e. The van der Waals surface area contributed by atoms with Gasteiger partial charge in [-0.15, -0.1) is 0 Å². The van der Waals surface area contributed by atoms with Gasteiger partial charge in [0.25, 0.3) is 0 Å². The van der Waals surface area contributed by atoms with Crippen LogP contribution < -0.4 is 11.2 Å². The van der Waals surface area contributed by atoms with Crippen molar-refractivity contribution in [3.8, 4) is 0 Å². The minimum atomic E-state index is 0.213. The lowest BCUT2D eigenvalue weighted by atomic mass is 9.86. The van der Waals surface area contributed by atoms with E-state index in [9.17, 15) is 4.79 Å². The number of hydrogen-bond donors (Lipinski definition) is 2. The lowest BCUT2D eigenvalue weighted by Gasteiger charge is -2.23. The predicted octanol–water partition coefficient (Wildman–Crippen LogP) is -0.996. The highest BCUT2D eigenvalue weighted by Crippen LogP contribution is 2.38. The molecule has 0 aromatic carbocycles. The van der Waals surface area contributed by atoms with Crippen LogP contribution in [-0.2, 0) is 4.79 Å². The Bertz CT molecular complexity index is 258. The Kier molecular flexibility index (Phi) is 2.95. The quantitative estimate of drug-likeness (QED) is 0.577. The number of nitrogens with two attached hydrogens (primary N) is 1. The zero-order valence-corrected chi connectivity index (χ0v) is 9.33. The molecule has 0 aromatic rings. The molecule has 0 aliphatic carbocycles. The van der Waals surface area contributed by atoms with E-state index in [1.54, 1.807) is 7.05 Å². The van der Waals surface area contributed by atoms with Crippen molar-refractivity contribution in [3.05, 3.63) is 0 Å². The van der Waals surface area contributed by atoms with Crippen molar-refractivity contribution in [2.24, 2.45) is 11.3 Å². The van der Waals surface area contributed by atoms with Crippen molar-refractivity contribution in [1.29, 1.82) is 0 Å². The van der Waals surface area contributed by atoms with Crippen LogP contribution in [0.4, 0.5) is 0 Å². The van der Waals surface area contributed by atoms with Crippen molar-refractivity contribution in [1.82, 2.24) is 15.2 Å². The average Bonchev–Trinajstić information content (AvgIpc) is 2.76. The zero-order valence-electron chi connectivity index (χ0n) is 9.33. The molecule has 1 amide bonds. The summed E-state index contributed by atoms with van der Waals surface area (Å²) in [7, 11) is 1.81. The Hall–Kier alpha value is -0.650. The number of amides is 1. The summed E-state index contributed by atoms with van der Waals surface area (Å²) in [5, 5.41) is 4.79. The van der Waals surface area contributed by atoms with Crippen LogP contribution in [0.15, 0.2) is 0 Å². The van der Waals surface area contributed by atoms with Crippen molar-refractivity contribution in [2.75, 3.05) is 39.8 Å². The second kappa shape index (κ2) is 4.08. The number of likely N-dealkylation sites (N-methyl/N-ethyl adjacent to an activating group) is 1. The first-order valence-corrected chi connectivity index (χ1v) is 5.57. The number of rotatable bonds is 2. The summed E-state index contributed by atoms with van der Waals surface area (Å²) < 4.78 is 0. The minimum absolute atomic E-state index is 0.213. The third-order valence-electron chi connectivity index (χ3n) is 3.59. The van der Waals surface area contributed by atoms with E-state index in [0.29, 0.717) is 6.54 Å². The Morgan fingerprint density at radius 3 is 2.73 bits per heavy atom. The fraction of sp³-hybridized carbons (Fsp3) is 0.900. The van der Waals surface area contributed by atoms with Gasteiger partial charge in [-0.1, -0.05) is 0 Å². The molecule has 0 bridgehead atoms. The minimum Gasteiger partial charge on any atom is -0.341 e. The normalized spacial score (nSPS) is 31.7. The predicted molar refractivity (Wildman–Crippen MR) is 57.9 cm³/mol. The van der Waals surface area contributed by atoms with Crippen LogP contribution in [0.25, 0.3) is 0 Å². The first-order chi connectivity index (χ1) is 7.15. The second-order valence-corrected chi connectivity index (χ2v) is 4.82. The molecule has 0 radical (unpaired) electrons. The molecule has 2 rings (SSSR count). The maximum absolute atomic E-state index is 11.7. The summed E-state index contributed by atoms with van der Waals surface area (Å²) >= 11 is 0. The van der Waals surface area contributed by atoms with E-state index in [0.717, 1.165) is 39.0 Å². The van der Waals surface area contributed by atoms with Gasteiger partial charge in [0.1, 0.15) is 0 Å². The van der Waals surface area contributed by atoms with Crippen LogP contribution >= 0.6 is 0 Å². The van der Waals surface area contributed by atoms with Gasteiger partial charge in [0.15, 0.2) is 0 Å². The highest BCUT2D eigenvalue weighted by molar-refractivity contribution is 5.78. The molecular weight excluding hydrogens is 192 g/mol. The highest BCUT2D eigenvalue weighted by atomic mass is 16.2. The van der Waals surface area contributed by atoms with Gasteiger partial charge in [0, 0.05) is 31.6 Å². The number of carbonyl (C=O) groups is 1. The van der Waals surface area contributed by atoms with E-state index < -0.39 is 0 Å². The van der Waals surface area contributed by atoms with E-state index in [4.69, 9.17) is 5.84 Å². The van der Waals surface area contributed by atoms with E-state index in [1.165, 1.54) is 0 Å². The van der Waals surface area contributed by atoms with Crippen LogP contribution in [-0.4, -0.2) is 55.6 Å². The SMILES string of the molecule is CNCC(=O)N1CCC2(CCN(N)C2)C1. The Balaban J connectivity index is 1.92. The second-order valence-electron chi connectivity index (χ2n) is 4.82. The average molecular weight is 212 g/mol. The summed E-state index contributed by atoms with van der Waals surface area (Å²) in [6.07, 6.45) is 2.24.